The van der Waals surface area contributed by atoms with Gasteiger partial charge in [-0.1, -0.05) is 0 Å². The quantitative estimate of drug-likeness (QED) is 0.841. The molecule has 1 aromatic rings. The topological polar surface area (TPSA) is 84.5 Å². The molecular formula is C19H28N2O4S. The van der Waals surface area contributed by atoms with Gasteiger partial charge in [0, 0.05) is 24.1 Å². The van der Waals surface area contributed by atoms with Gasteiger partial charge in [0.25, 0.3) is 0 Å². The number of carbonyl (C=O) groups excluding carboxylic acids is 1. The molecule has 0 bridgehead atoms. The van der Waals surface area contributed by atoms with E-state index in [-0.39, 0.29) is 17.9 Å². The molecular weight excluding hydrogens is 352 g/mol. The van der Waals surface area contributed by atoms with Crippen LogP contribution in [0.1, 0.15) is 52.0 Å². The average molecular weight is 381 g/mol. The third-order valence-corrected chi connectivity index (χ3v) is 7.44. The van der Waals surface area contributed by atoms with Crippen molar-refractivity contribution >= 4 is 21.6 Å². The van der Waals surface area contributed by atoms with E-state index in [1.807, 2.05) is 18.2 Å². The predicted octanol–water partition coefficient (Wildman–Crippen LogP) is 2.84. The van der Waals surface area contributed by atoms with Gasteiger partial charge in [0.05, 0.1) is 11.4 Å². The fraction of sp³-hybridized carbons (Fsp3) is 0.632. The smallest absolute Gasteiger partial charge is 0.227 e. The Morgan fingerprint density at radius 1 is 1.15 bits per heavy atom. The number of carbonyl (C=O) groups is 1. The third kappa shape index (κ3) is 4.20. The van der Waals surface area contributed by atoms with Crippen LogP contribution in [0.5, 0.6) is 5.75 Å². The van der Waals surface area contributed by atoms with Crippen molar-refractivity contribution in [3.63, 3.8) is 0 Å². The summed E-state index contributed by atoms with van der Waals surface area (Å²) in [4.78, 5) is 12.5. The molecule has 144 valence electrons. The molecule has 6 nitrogen and oxygen atoms in total. The zero-order valence-corrected chi connectivity index (χ0v) is 16.5. The van der Waals surface area contributed by atoms with Gasteiger partial charge < -0.3 is 10.1 Å². The van der Waals surface area contributed by atoms with Crippen molar-refractivity contribution in [2.24, 2.45) is 5.92 Å². The molecule has 1 aliphatic heterocycles. The lowest BCUT2D eigenvalue weighted by molar-refractivity contribution is -0.120. The van der Waals surface area contributed by atoms with E-state index >= 15 is 0 Å². The van der Waals surface area contributed by atoms with E-state index in [4.69, 9.17) is 4.74 Å². The van der Waals surface area contributed by atoms with Gasteiger partial charge in [0.2, 0.25) is 15.9 Å². The third-order valence-electron chi connectivity index (χ3n) is 5.18. The van der Waals surface area contributed by atoms with Crippen LogP contribution in [0.4, 0.5) is 5.69 Å². The maximum Gasteiger partial charge on any atom is 0.227 e. The molecule has 1 saturated carbocycles. The average Bonchev–Trinajstić information content (AvgIpc) is 3.01. The minimum atomic E-state index is -3.35. The Morgan fingerprint density at radius 3 is 2.50 bits per heavy atom. The second kappa shape index (κ2) is 7.19. The first-order valence-electron chi connectivity index (χ1n) is 9.24. The highest BCUT2D eigenvalue weighted by molar-refractivity contribution is 7.90. The van der Waals surface area contributed by atoms with Crippen LogP contribution in [0.25, 0.3) is 0 Å². The summed E-state index contributed by atoms with van der Waals surface area (Å²) in [6, 6.07) is 5.66. The Morgan fingerprint density at radius 2 is 1.85 bits per heavy atom. The lowest BCUT2D eigenvalue weighted by atomic mass is 9.86. The first kappa shape index (κ1) is 19.2. The summed E-state index contributed by atoms with van der Waals surface area (Å²) in [5.74, 6) is 0.838. The number of rotatable bonds is 4. The van der Waals surface area contributed by atoms with Crippen molar-refractivity contribution in [1.29, 1.82) is 0 Å². The van der Waals surface area contributed by atoms with Crippen LogP contribution in [0, 0.1) is 5.92 Å². The van der Waals surface area contributed by atoms with Crippen LogP contribution >= 0.6 is 0 Å². The van der Waals surface area contributed by atoms with Crippen LogP contribution in [-0.4, -0.2) is 31.7 Å². The van der Waals surface area contributed by atoms with Crippen LogP contribution in [0.3, 0.4) is 0 Å². The molecule has 1 fully saturated rings. The molecule has 1 aliphatic carbocycles. The maximum atomic E-state index is 12.5. The molecule has 0 radical (unpaired) electrons. The second-order valence-corrected chi connectivity index (χ2v) is 10.7. The summed E-state index contributed by atoms with van der Waals surface area (Å²) >= 11 is 0. The lowest BCUT2D eigenvalue weighted by Crippen LogP contribution is -2.46. The largest absolute Gasteiger partial charge is 0.493 e. The first-order chi connectivity index (χ1) is 12.2. The van der Waals surface area contributed by atoms with E-state index in [1.54, 1.807) is 20.8 Å². The molecule has 0 saturated heterocycles. The fourth-order valence-corrected chi connectivity index (χ4v) is 4.41. The molecule has 1 aromatic carbocycles. The van der Waals surface area contributed by atoms with Crippen molar-refractivity contribution in [1.82, 2.24) is 4.72 Å². The molecule has 0 aromatic heterocycles. The van der Waals surface area contributed by atoms with Gasteiger partial charge in [-0.3, -0.25) is 4.79 Å². The Balaban J connectivity index is 1.52. The molecule has 26 heavy (non-hydrogen) atoms. The van der Waals surface area contributed by atoms with Gasteiger partial charge in [-0.2, -0.15) is 0 Å². The van der Waals surface area contributed by atoms with Crippen molar-refractivity contribution in [2.45, 2.75) is 63.7 Å². The summed E-state index contributed by atoms with van der Waals surface area (Å²) in [5.41, 5.74) is 1.93. The standard InChI is InChI=1S/C19H28N2O4S/c1-19(2,3)26(23,24)21-15-6-4-13(5-7-15)18(22)20-16-8-9-17-14(12-16)10-11-25-17/h8-9,12-13,15,21H,4-7,10-11H2,1-3H3,(H,20,22)/t13-,15-. The highest BCUT2D eigenvalue weighted by atomic mass is 32.2. The van der Waals surface area contributed by atoms with Gasteiger partial charge in [-0.15, -0.1) is 0 Å². The van der Waals surface area contributed by atoms with Crippen LogP contribution in [0.15, 0.2) is 18.2 Å². The number of hydrogen-bond acceptors (Lipinski definition) is 4. The first-order valence-corrected chi connectivity index (χ1v) is 10.7. The zero-order chi connectivity index (χ0) is 18.9. The molecule has 2 N–H and O–H groups in total. The molecule has 0 unspecified atom stereocenters. The number of fused-ring (bicyclic) bond motifs is 1. The van der Waals surface area contributed by atoms with Gasteiger partial charge in [0.15, 0.2) is 0 Å². The van der Waals surface area contributed by atoms with E-state index < -0.39 is 14.8 Å². The summed E-state index contributed by atoms with van der Waals surface area (Å²) in [5, 5.41) is 3.00. The normalized spacial score (nSPS) is 23.2. The molecule has 1 heterocycles. The van der Waals surface area contributed by atoms with E-state index in [1.165, 1.54) is 0 Å². The summed E-state index contributed by atoms with van der Waals surface area (Å²) in [6.07, 6.45) is 3.63. The molecule has 2 aliphatic rings. The number of benzene rings is 1. The summed E-state index contributed by atoms with van der Waals surface area (Å²) < 4.78 is 32.0. The molecule has 0 atom stereocenters. The molecule has 1 amide bonds. The SMILES string of the molecule is CC(C)(C)S(=O)(=O)N[C@H]1CC[C@H](C(=O)Nc2ccc3c(c2)CCO3)CC1. The lowest BCUT2D eigenvalue weighted by Gasteiger charge is -2.30. The van der Waals surface area contributed by atoms with Crippen LogP contribution in [0.2, 0.25) is 0 Å². The van der Waals surface area contributed by atoms with Crippen molar-refractivity contribution in [2.75, 3.05) is 11.9 Å². The van der Waals surface area contributed by atoms with Crippen molar-refractivity contribution in [3.8, 4) is 5.75 Å². The maximum absolute atomic E-state index is 12.5. The molecule has 3 rings (SSSR count). The van der Waals surface area contributed by atoms with Gasteiger partial charge in [0.1, 0.15) is 5.75 Å². The Labute approximate surface area is 155 Å². The van der Waals surface area contributed by atoms with E-state index in [9.17, 15) is 13.2 Å². The number of amides is 1. The number of ether oxygens (including phenoxy) is 1. The second-order valence-electron chi connectivity index (χ2n) is 8.19. The Bertz CT molecular complexity index is 775. The van der Waals surface area contributed by atoms with E-state index in [0.29, 0.717) is 32.3 Å². The van der Waals surface area contributed by atoms with Crippen LogP contribution < -0.4 is 14.8 Å². The Hall–Kier alpha value is -1.60. The van der Waals surface area contributed by atoms with Crippen molar-refractivity contribution in [3.05, 3.63) is 23.8 Å². The fourth-order valence-electron chi connectivity index (χ4n) is 3.38. The number of nitrogens with one attached hydrogen (secondary N) is 2. The number of hydrogen-bond donors (Lipinski definition) is 2. The number of anilines is 1. The zero-order valence-electron chi connectivity index (χ0n) is 15.7. The van der Waals surface area contributed by atoms with E-state index in [2.05, 4.69) is 10.0 Å². The Kier molecular flexibility index (Phi) is 5.30. The predicted molar refractivity (Wildman–Crippen MR) is 102 cm³/mol. The summed E-state index contributed by atoms with van der Waals surface area (Å²) in [7, 11) is -3.35. The highest BCUT2D eigenvalue weighted by Gasteiger charge is 2.34. The minimum absolute atomic E-state index is 0.0148. The van der Waals surface area contributed by atoms with Gasteiger partial charge >= 0.3 is 0 Å². The highest BCUT2D eigenvalue weighted by Crippen LogP contribution is 2.30. The summed E-state index contributed by atoms with van der Waals surface area (Å²) in [6.45, 7) is 5.77. The number of sulfonamides is 1. The molecule has 0 spiro atoms. The van der Waals surface area contributed by atoms with Gasteiger partial charge in [-0.05, 0) is 70.2 Å². The van der Waals surface area contributed by atoms with E-state index in [0.717, 1.165) is 23.4 Å². The monoisotopic (exact) mass is 380 g/mol. The van der Waals surface area contributed by atoms with Crippen LogP contribution in [-0.2, 0) is 21.2 Å². The van der Waals surface area contributed by atoms with Crippen molar-refractivity contribution < 1.29 is 17.9 Å². The molecule has 7 heteroatoms. The minimum Gasteiger partial charge on any atom is -0.493 e. The van der Waals surface area contributed by atoms with Gasteiger partial charge in [-0.25, -0.2) is 13.1 Å².